The summed E-state index contributed by atoms with van der Waals surface area (Å²) in [5.74, 6) is 3.41. The smallest absolute Gasteiger partial charge is 0.213 e. The fourth-order valence-electron chi connectivity index (χ4n) is 6.94. The summed E-state index contributed by atoms with van der Waals surface area (Å²) >= 11 is 6.83. The van der Waals surface area contributed by atoms with Crippen molar-refractivity contribution in [3.05, 3.63) is 41.0 Å². The largest absolute Gasteiger partial charge is 0.481 e. The molecule has 3 fully saturated rings. The van der Waals surface area contributed by atoms with Crippen LogP contribution in [0.4, 0.5) is 0 Å². The maximum absolute atomic E-state index is 6.83. The number of rotatable bonds is 5. The van der Waals surface area contributed by atoms with Crippen molar-refractivity contribution in [2.24, 2.45) is 17.8 Å². The van der Waals surface area contributed by atoms with E-state index in [1.165, 1.54) is 50.9 Å². The third-order valence-electron chi connectivity index (χ3n) is 8.48. The van der Waals surface area contributed by atoms with E-state index in [1.807, 2.05) is 12.1 Å². The van der Waals surface area contributed by atoms with Gasteiger partial charge < -0.3 is 14.4 Å². The summed E-state index contributed by atoms with van der Waals surface area (Å²) in [6.45, 7) is 9.06. The highest BCUT2D eigenvalue weighted by atomic mass is 35.5. The van der Waals surface area contributed by atoms with Crippen LogP contribution in [0.1, 0.15) is 51.0 Å². The van der Waals surface area contributed by atoms with E-state index in [9.17, 15) is 0 Å². The fraction of sp³-hybridized carbons (Fsp3) is 0.571. The van der Waals surface area contributed by atoms with Crippen LogP contribution in [-0.4, -0.2) is 59.0 Å². The van der Waals surface area contributed by atoms with Gasteiger partial charge in [-0.2, -0.15) is 5.10 Å². The Labute approximate surface area is 212 Å². The van der Waals surface area contributed by atoms with Crippen LogP contribution in [0.25, 0.3) is 22.2 Å². The van der Waals surface area contributed by atoms with Crippen molar-refractivity contribution in [3.63, 3.8) is 0 Å². The van der Waals surface area contributed by atoms with Crippen molar-refractivity contribution in [3.8, 4) is 17.1 Å². The van der Waals surface area contributed by atoms with Gasteiger partial charge in [0.2, 0.25) is 5.88 Å². The standard InChI is InChI=1S/C28H35ClN4O2/c1-28(2)13-17(5-7-35-28)14-33-15-20-8-19(9-21(20)16-33)22-11-23-25(12-24(22)29)31-32-27(23)18-4-6-30-26(10-18)34-3/h4,6,10-12,17,19-21H,5,7-9,13-16H2,1-3H3,(H,31,32)/t17?,19?,20-,21+. The van der Waals surface area contributed by atoms with E-state index >= 15 is 0 Å². The SMILES string of the molecule is COc1cc(-c2n[nH]c3cc(Cl)c(C4C[C@@H]5CN(CC6CCOC(C)(C)C6)C[C@@H]5C4)cc23)ccn1. The van der Waals surface area contributed by atoms with Gasteiger partial charge in [-0.3, -0.25) is 5.10 Å². The fourth-order valence-corrected chi connectivity index (χ4v) is 7.25. The van der Waals surface area contributed by atoms with Crippen LogP contribution < -0.4 is 4.74 Å². The van der Waals surface area contributed by atoms with E-state index in [-0.39, 0.29) is 5.60 Å². The molecule has 3 aliphatic rings. The highest BCUT2D eigenvalue weighted by molar-refractivity contribution is 6.32. The molecule has 1 aliphatic carbocycles. The molecular formula is C28H35ClN4O2. The van der Waals surface area contributed by atoms with Crippen molar-refractivity contribution in [2.45, 2.75) is 51.0 Å². The Kier molecular flexibility index (Phi) is 6.02. The number of fused-ring (bicyclic) bond motifs is 2. The van der Waals surface area contributed by atoms with Gasteiger partial charge in [0.05, 0.1) is 18.2 Å². The Hall–Kier alpha value is -2.15. The zero-order valence-electron chi connectivity index (χ0n) is 20.9. The van der Waals surface area contributed by atoms with Crippen molar-refractivity contribution >= 4 is 22.5 Å². The molecule has 0 spiro atoms. The van der Waals surface area contributed by atoms with E-state index in [2.05, 4.69) is 46.1 Å². The van der Waals surface area contributed by atoms with Crippen LogP contribution in [0.3, 0.4) is 0 Å². The second-order valence-electron chi connectivity index (χ2n) is 11.5. The molecule has 2 unspecified atom stereocenters. The molecule has 0 radical (unpaired) electrons. The van der Waals surface area contributed by atoms with E-state index in [0.717, 1.165) is 51.5 Å². The van der Waals surface area contributed by atoms with Gasteiger partial charge in [-0.1, -0.05) is 11.6 Å². The van der Waals surface area contributed by atoms with Crippen molar-refractivity contribution in [2.75, 3.05) is 33.4 Å². The number of nitrogens with one attached hydrogen (secondary N) is 1. The van der Waals surface area contributed by atoms with E-state index < -0.39 is 0 Å². The lowest BCUT2D eigenvalue weighted by Gasteiger charge is -2.37. The van der Waals surface area contributed by atoms with Crippen LogP contribution in [0.5, 0.6) is 5.88 Å². The average Bonchev–Trinajstić information content (AvgIpc) is 3.50. The summed E-state index contributed by atoms with van der Waals surface area (Å²) in [6, 6.07) is 8.23. The Bertz CT molecular complexity index is 1210. The maximum Gasteiger partial charge on any atom is 0.213 e. The van der Waals surface area contributed by atoms with Gasteiger partial charge in [-0.05, 0) is 87.0 Å². The molecule has 0 bridgehead atoms. The molecule has 35 heavy (non-hydrogen) atoms. The van der Waals surface area contributed by atoms with E-state index in [0.29, 0.717) is 11.8 Å². The Morgan fingerprint density at radius 3 is 2.74 bits per heavy atom. The first-order valence-electron chi connectivity index (χ1n) is 12.9. The lowest BCUT2D eigenvalue weighted by Crippen LogP contribution is -2.39. The third kappa shape index (κ3) is 4.56. The highest BCUT2D eigenvalue weighted by Crippen LogP contribution is 2.49. The van der Waals surface area contributed by atoms with Gasteiger partial charge in [0, 0.05) is 54.5 Å². The summed E-state index contributed by atoms with van der Waals surface area (Å²) < 4.78 is 11.3. The van der Waals surface area contributed by atoms with Gasteiger partial charge >= 0.3 is 0 Å². The molecule has 3 aromatic rings. The Morgan fingerprint density at radius 2 is 2.00 bits per heavy atom. The number of methoxy groups -OCH3 is 1. The molecule has 6 nitrogen and oxygen atoms in total. The van der Waals surface area contributed by atoms with E-state index in [1.54, 1.807) is 13.3 Å². The first-order valence-corrected chi connectivity index (χ1v) is 13.3. The monoisotopic (exact) mass is 494 g/mol. The van der Waals surface area contributed by atoms with Crippen LogP contribution >= 0.6 is 11.6 Å². The predicted octanol–water partition coefficient (Wildman–Crippen LogP) is 5.92. The first kappa shape index (κ1) is 23.3. The summed E-state index contributed by atoms with van der Waals surface area (Å²) in [6.07, 6.45) is 6.58. The molecule has 7 heteroatoms. The number of ether oxygens (including phenoxy) is 2. The van der Waals surface area contributed by atoms with Gasteiger partial charge in [-0.15, -0.1) is 0 Å². The summed E-state index contributed by atoms with van der Waals surface area (Å²) in [4.78, 5) is 6.96. The minimum Gasteiger partial charge on any atom is -0.481 e. The third-order valence-corrected chi connectivity index (χ3v) is 8.81. The number of nitrogens with zero attached hydrogens (tertiary/aromatic N) is 3. The molecule has 186 valence electrons. The van der Waals surface area contributed by atoms with Gasteiger partial charge in [0.15, 0.2) is 0 Å². The average molecular weight is 495 g/mol. The molecule has 0 amide bonds. The molecule has 4 atom stereocenters. The van der Waals surface area contributed by atoms with Crippen LogP contribution in [0, 0.1) is 17.8 Å². The van der Waals surface area contributed by atoms with Gasteiger partial charge in [0.25, 0.3) is 0 Å². The molecule has 4 heterocycles. The second-order valence-corrected chi connectivity index (χ2v) is 11.9. The van der Waals surface area contributed by atoms with Crippen molar-refractivity contribution in [1.29, 1.82) is 0 Å². The second kappa shape index (κ2) is 9.06. The number of hydrogen-bond acceptors (Lipinski definition) is 5. The Morgan fingerprint density at radius 1 is 1.20 bits per heavy atom. The zero-order valence-corrected chi connectivity index (χ0v) is 21.6. The van der Waals surface area contributed by atoms with Crippen LogP contribution in [-0.2, 0) is 4.74 Å². The normalized spacial score (nSPS) is 28.5. The summed E-state index contributed by atoms with van der Waals surface area (Å²) in [7, 11) is 1.63. The predicted molar refractivity (Wildman–Crippen MR) is 139 cm³/mol. The lowest BCUT2D eigenvalue weighted by molar-refractivity contribution is -0.0762. The van der Waals surface area contributed by atoms with Gasteiger partial charge in [0.1, 0.15) is 5.69 Å². The maximum atomic E-state index is 6.83. The van der Waals surface area contributed by atoms with Crippen LogP contribution in [0.2, 0.25) is 5.02 Å². The quantitative estimate of drug-likeness (QED) is 0.477. The number of H-pyrrole nitrogens is 1. The number of aromatic amines is 1. The zero-order chi connectivity index (χ0) is 24.2. The summed E-state index contributed by atoms with van der Waals surface area (Å²) in [5, 5.41) is 9.72. The van der Waals surface area contributed by atoms with Gasteiger partial charge in [-0.25, -0.2) is 4.98 Å². The minimum atomic E-state index is 0.0341. The topological polar surface area (TPSA) is 63.3 Å². The molecule has 1 aromatic carbocycles. The molecule has 2 aliphatic heterocycles. The molecule has 1 N–H and O–H groups in total. The molecule has 1 saturated carbocycles. The lowest BCUT2D eigenvalue weighted by atomic mass is 9.88. The number of aromatic nitrogens is 3. The number of benzene rings is 1. The number of halogens is 1. The summed E-state index contributed by atoms with van der Waals surface area (Å²) in [5.41, 5.74) is 4.18. The van der Waals surface area contributed by atoms with Crippen molar-refractivity contribution < 1.29 is 9.47 Å². The van der Waals surface area contributed by atoms with Crippen molar-refractivity contribution in [1.82, 2.24) is 20.1 Å². The number of pyridine rings is 1. The first-order chi connectivity index (χ1) is 16.9. The minimum absolute atomic E-state index is 0.0341. The molecule has 2 saturated heterocycles. The molecule has 2 aromatic heterocycles. The molecule has 6 rings (SSSR count). The van der Waals surface area contributed by atoms with Crippen LogP contribution in [0.15, 0.2) is 30.5 Å². The van der Waals surface area contributed by atoms with E-state index in [4.69, 9.17) is 21.1 Å². The Balaban J connectivity index is 1.17. The number of likely N-dealkylation sites (tertiary alicyclic amines) is 1. The number of hydrogen-bond donors (Lipinski definition) is 1. The molecular weight excluding hydrogens is 460 g/mol. The highest BCUT2D eigenvalue weighted by Gasteiger charge is 2.42.